The molecule has 1 aliphatic rings. The monoisotopic (exact) mass is 435 g/mol. The molecule has 0 N–H and O–H groups in total. The maximum absolute atomic E-state index is 13.1. The van der Waals surface area contributed by atoms with Gasteiger partial charge in [0.05, 0.1) is 9.79 Å². The largest absolute Gasteiger partial charge is 0.285 e. The second-order valence-electron chi connectivity index (χ2n) is 6.77. The van der Waals surface area contributed by atoms with E-state index in [1.807, 2.05) is 13.8 Å². The highest BCUT2D eigenvalue weighted by Crippen LogP contribution is 2.23. The van der Waals surface area contributed by atoms with Crippen LogP contribution in [0.5, 0.6) is 0 Å². The molecule has 10 heteroatoms. The number of sulfonamides is 2. The van der Waals surface area contributed by atoms with E-state index in [0.717, 1.165) is 20.3 Å². The summed E-state index contributed by atoms with van der Waals surface area (Å²) in [5, 5.41) is 0. The molecule has 154 valence electrons. The first kappa shape index (κ1) is 21.0. The summed E-state index contributed by atoms with van der Waals surface area (Å²) in [7, 11) is -7.02. The molecule has 0 atom stereocenters. The molecule has 0 unspecified atom stereocenters. The molecule has 3 rings (SSSR count). The molecule has 0 aromatic heterocycles. The zero-order valence-electron chi connectivity index (χ0n) is 16.2. The minimum atomic E-state index is -4.23. The smallest absolute Gasteiger partial charge is 0.284 e. The summed E-state index contributed by atoms with van der Waals surface area (Å²) >= 11 is 0. The molecule has 0 spiro atoms. The van der Waals surface area contributed by atoms with Crippen molar-refractivity contribution in [2.75, 3.05) is 13.6 Å². The van der Waals surface area contributed by atoms with E-state index in [9.17, 15) is 21.6 Å². The van der Waals surface area contributed by atoms with Gasteiger partial charge in [-0.15, -0.1) is 4.40 Å². The summed E-state index contributed by atoms with van der Waals surface area (Å²) in [6, 6.07) is 12.2. The molecule has 0 saturated carbocycles. The quantitative estimate of drug-likeness (QED) is 0.730. The minimum Gasteiger partial charge on any atom is -0.284 e. The maximum atomic E-state index is 13.1. The summed E-state index contributed by atoms with van der Waals surface area (Å²) in [4.78, 5) is 13.0. The van der Waals surface area contributed by atoms with Crippen molar-refractivity contribution in [2.45, 2.75) is 30.1 Å². The number of nitrogens with zero attached hydrogens (tertiary/aromatic N) is 3. The van der Waals surface area contributed by atoms with Crippen molar-refractivity contribution in [2.24, 2.45) is 4.40 Å². The van der Waals surface area contributed by atoms with Crippen LogP contribution < -0.4 is 0 Å². The van der Waals surface area contributed by atoms with Crippen LogP contribution in [0.4, 0.5) is 0 Å². The fourth-order valence-corrected chi connectivity index (χ4v) is 5.30. The minimum absolute atomic E-state index is 0.00807. The van der Waals surface area contributed by atoms with E-state index < -0.39 is 31.9 Å². The second kappa shape index (κ2) is 7.60. The SMILES string of the molecule is Cc1ccc(S(=O)(=O)/N=C2\N(C)C(=O)CCN2S(=O)(=O)c2ccc(C)cc2)cc1. The average Bonchev–Trinajstić information content (AvgIpc) is 2.66. The molecule has 1 heterocycles. The van der Waals surface area contributed by atoms with Crippen LogP contribution in [0.2, 0.25) is 0 Å². The van der Waals surface area contributed by atoms with Gasteiger partial charge >= 0.3 is 0 Å². The zero-order chi connectivity index (χ0) is 21.4. The van der Waals surface area contributed by atoms with Gasteiger partial charge in [-0.3, -0.25) is 9.69 Å². The third-order valence-electron chi connectivity index (χ3n) is 4.56. The van der Waals surface area contributed by atoms with Crippen molar-refractivity contribution < 1.29 is 21.6 Å². The molecule has 1 saturated heterocycles. The predicted molar refractivity (Wildman–Crippen MR) is 108 cm³/mol. The Morgan fingerprint density at radius 1 is 0.828 bits per heavy atom. The molecule has 1 amide bonds. The van der Waals surface area contributed by atoms with Crippen molar-refractivity contribution in [3.05, 3.63) is 59.7 Å². The van der Waals surface area contributed by atoms with Crippen LogP contribution in [0, 0.1) is 13.8 Å². The molecule has 0 bridgehead atoms. The summed E-state index contributed by atoms with van der Waals surface area (Å²) < 4.78 is 56.4. The van der Waals surface area contributed by atoms with E-state index in [1.54, 1.807) is 24.3 Å². The summed E-state index contributed by atoms with van der Waals surface area (Å²) in [5.41, 5.74) is 1.75. The van der Waals surface area contributed by atoms with E-state index in [-0.39, 0.29) is 22.8 Å². The van der Waals surface area contributed by atoms with Crippen LogP contribution in [-0.2, 0) is 24.8 Å². The van der Waals surface area contributed by atoms with E-state index in [1.165, 1.54) is 31.3 Å². The Hall–Kier alpha value is -2.72. The summed E-state index contributed by atoms with van der Waals surface area (Å²) in [6.07, 6.45) is -0.0782. The van der Waals surface area contributed by atoms with E-state index in [0.29, 0.717) is 0 Å². The number of rotatable bonds is 4. The highest BCUT2D eigenvalue weighted by atomic mass is 32.2. The van der Waals surface area contributed by atoms with Crippen LogP contribution in [0.1, 0.15) is 17.5 Å². The Balaban J connectivity index is 2.11. The van der Waals surface area contributed by atoms with Gasteiger partial charge in [0, 0.05) is 20.0 Å². The number of amides is 1. The van der Waals surface area contributed by atoms with E-state index >= 15 is 0 Å². The molecule has 8 nitrogen and oxygen atoms in total. The number of guanidine groups is 1. The lowest BCUT2D eigenvalue weighted by molar-refractivity contribution is -0.127. The predicted octanol–water partition coefficient (Wildman–Crippen LogP) is 1.90. The van der Waals surface area contributed by atoms with Gasteiger partial charge in [-0.2, -0.15) is 8.42 Å². The fraction of sp³-hybridized carbons (Fsp3) is 0.263. The lowest BCUT2D eigenvalue weighted by Crippen LogP contribution is -2.53. The first-order chi connectivity index (χ1) is 13.5. The first-order valence-electron chi connectivity index (χ1n) is 8.80. The fourth-order valence-electron chi connectivity index (χ4n) is 2.79. The zero-order valence-corrected chi connectivity index (χ0v) is 17.9. The Morgan fingerprint density at radius 3 is 1.83 bits per heavy atom. The molecule has 1 fully saturated rings. The van der Waals surface area contributed by atoms with Crippen molar-refractivity contribution >= 4 is 31.9 Å². The van der Waals surface area contributed by atoms with Crippen molar-refractivity contribution in [3.8, 4) is 0 Å². The first-order valence-corrected chi connectivity index (χ1v) is 11.7. The molecule has 29 heavy (non-hydrogen) atoms. The lowest BCUT2D eigenvalue weighted by atomic mass is 10.2. The number of hydrogen-bond donors (Lipinski definition) is 0. The standard InChI is InChI=1S/C19H21N3O5S2/c1-14-4-8-16(9-5-14)28(24,25)20-19-21(3)18(23)12-13-22(19)29(26,27)17-10-6-15(2)7-11-17/h4-11H,12-13H2,1-3H3/b20-19+. The Labute approximate surface area is 170 Å². The molecule has 0 radical (unpaired) electrons. The van der Waals surface area contributed by atoms with Gasteiger partial charge in [-0.1, -0.05) is 35.4 Å². The normalized spacial score (nSPS) is 17.1. The Bertz CT molecular complexity index is 1170. The van der Waals surface area contributed by atoms with Crippen molar-refractivity contribution in [1.29, 1.82) is 0 Å². The van der Waals surface area contributed by atoms with E-state index in [4.69, 9.17) is 0 Å². The number of carbonyl (C=O) groups excluding carboxylic acids is 1. The second-order valence-corrected chi connectivity index (χ2v) is 10.2. The van der Waals surface area contributed by atoms with Crippen LogP contribution >= 0.6 is 0 Å². The molecular weight excluding hydrogens is 414 g/mol. The number of carbonyl (C=O) groups is 1. The number of hydrogen-bond acceptors (Lipinski definition) is 5. The maximum Gasteiger partial charge on any atom is 0.285 e. The van der Waals surface area contributed by atoms with Gasteiger partial charge < -0.3 is 0 Å². The molecule has 2 aromatic rings. The molecule has 1 aliphatic heterocycles. The molecule has 2 aromatic carbocycles. The highest BCUT2D eigenvalue weighted by Gasteiger charge is 2.37. The van der Waals surface area contributed by atoms with Gasteiger partial charge in [0.25, 0.3) is 20.0 Å². The average molecular weight is 436 g/mol. The third kappa shape index (κ3) is 4.18. The van der Waals surface area contributed by atoms with Gasteiger partial charge in [0.1, 0.15) is 0 Å². The topological polar surface area (TPSA) is 104 Å². The lowest BCUT2D eigenvalue weighted by Gasteiger charge is -2.34. The highest BCUT2D eigenvalue weighted by molar-refractivity contribution is 7.91. The van der Waals surface area contributed by atoms with Crippen LogP contribution in [0.25, 0.3) is 0 Å². The molecule has 0 aliphatic carbocycles. The van der Waals surface area contributed by atoms with Crippen molar-refractivity contribution in [1.82, 2.24) is 9.21 Å². The summed E-state index contributed by atoms with van der Waals surface area (Å²) in [6.45, 7) is 3.44. The van der Waals surface area contributed by atoms with Gasteiger partial charge in [-0.05, 0) is 38.1 Å². The molecular formula is C19H21N3O5S2. The van der Waals surface area contributed by atoms with Crippen LogP contribution in [0.15, 0.2) is 62.7 Å². The number of aryl methyl sites for hydroxylation is 2. The van der Waals surface area contributed by atoms with E-state index in [2.05, 4.69) is 4.40 Å². The number of benzene rings is 2. The summed E-state index contributed by atoms with van der Waals surface area (Å²) in [5.74, 6) is -0.861. The van der Waals surface area contributed by atoms with Crippen LogP contribution in [0.3, 0.4) is 0 Å². The van der Waals surface area contributed by atoms with Gasteiger partial charge in [-0.25, -0.2) is 12.7 Å². The Kier molecular flexibility index (Phi) is 5.50. The third-order valence-corrected chi connectivity index (χ3v) is 7.62. The van der Waals surface area contributed by atoms with Gasteiger partial charge in [0.15, 0.2) is 0 Å². The van der Waals surface area contributed by atoms with Crippen LogP contribution in [-0.4, -0.2) is 51.5 Å². The van der Waals surface area contributed by atoms with Gasteiger partial charge in [0.2, 0.25) is 11.9 Å². The van der Waals surface area contributed by atoms with Crippen molar-refractivity contribution in [3.63, 3.8) is 0 Å². The Morgan fingerprint density at radius 2 is 1.31 bits per heavy atom.